The van der Waals surface area contributed by atoms with Gasteiger partial charge in [0.1, 0.15) is 5.69 Å². The average Bonchev–Trinajstić information content (AvgIpc) is 3.04. The third kappa shape index (κ3) is 3.15. The Kier molecular flexibility index (Phi) is 3.96. The summed E-state index contributed by atoms with van der Waals surface area (Å²) in [6.07, 6.45) is 1.84. The second kappa shape index (κ2) is 6.22. The number of hydrogen-bond acceptors (Lipinski definition) is 7. The molecule has 8 heteroatoms. The summed E-state index contributed by atoms with van der Waals surface area (Å²) in [5.74, 6) is 0.697. The Morgan fingerprint density at radius 2 is 1.70 bits per heavy atom. The van der Waals surface area contributed by atoms with Crippen LogP contribution in [-0.4, -0.2) is 19.7 Å². The fraction of sp³-hybridized carbons (Fsp3) is 0.133. The zero-order valence-electron chi connectivity index (χ0n) is 12.6. The molecule has 0 amide bonds. The van der Waals surface area contributed by atoms with E-state index in [2.05, 4.69) is 25.3 Å². The lowest BCUT2D eigenvalue weighted by Crippen LogP contribution is -2.02. The van der Waals surface area contributed by atoms with Gasteiger partial charge in [0.2, 0.25) is 0 Å². The van der Waals surface area contributed by atoms with Crippen molar-refractivity contribution in [1.82, 2.24) is 19.7 Å². The van der Waals surface area contributed by atoms with Crippen LogP contribution in [-0.2, 0) is 6.54 Å². The molecule has 0 spiro atoms. The molecular weight excluding hydrogens is 292 g/mol. The Labute approximate surface area is 132 Å². The van der Waals surface area contributed by atoms with E-state index in [-0.39, 0.29) is 17.3 Å². The van der Waals surface area contributed by atoms with Crippen molar-refractivity contribution >= 4 is 23.0 Å². The Bertz CT molecular complexity index is 815. The minimum atomic E-state index is 0.165. The summed E-state index contributed by atoms with van der Waals surface area (Å²) in [6, 6.07) is 11.1. The van der Waals surface area contributed by atoms with Crippen molar-refractivity contribution in [2.24, 2.45) is 10.2 Å². The van der Waals surface area contributed by atoms with Gasteiger partial charge in [0, 0.05) is 12.7 Å². The zero-order chi connectivity index (χ0) is 16.2. The fourth-order valence-electron chi connectivity index (χ4n) is 1.97. The Morgan fingerprint density at radius 1 is 1.00 bits per heavy atom. The predicted molar refractivity (Wildman–Crippen MR) is 88.4 cm³/mol. The van der Waals surface area contributed by atoms with Crippen LogP contribution in [0.25, 0.3) is 11.5 Å². The number of benzene rings is 1. The first kappa shape index (κ1) is 14.6. The van der Waals surface area contributed by atoms with Crippen molar-refractivity contribution in [3.8, 4) is 11.5 Å². The van der Waals surface area contributed by atoms with Gasteiger partial charge in [-0.1, -0.05) is 18.2 Å². The first-order chi connectivity index (χ1) is 11.2. The molecule has 2 aromatic heterocycles. The van der Waals surface area contributed by atoms with Crippen LogP contribution in [0.3, 0.4) is 0 Å². The van der Waals surface area contributed by atoms with Crippen molar-refractivity contribution in [3.63, 3.8) is 0 Å². The maximum absolute atomic E-state index is 5.94. The van der Waals surface area contributed by atoms with Crippen LogP contribution in [0.2, 0.25) is 0 Å². The molecule has 0 aliphatic rings. The van der Waals surface area contributed by atoms with Crippen LogP contribution in [0.1, 0.15) is 6.92 Å². The SMILES string of the molecule is CCn1ccc(-c2nc(N)c(/N=N/c3ccccc3)c(N)n2)n1. The standard InChI is InChI=1S/C15H16N8/c1-2-23-9-8-11(22-23)15-18-13(16)12(14(17)19-15)21-20-10-6-4-3-5-7-10/h3-9H,2H2,1H3,(H4,16,17,18,19)/b21-20+. The number of aromatic nitrogens is 4. The Balaban J connectivity index is 1.93. The number of anilines is 2. The van der Waals surface area contributed by atoms with Crippen molar-refractivity contribution < 1.29 is 0 Å². The summed E-state index contributed by atoms with van der Waals surface area (Å²) in [7, 11) is 0. The molecule has 0 atom stereocenters. The highest BCUT2D eigenvalue weighted by Crippen LogP contribution is 2.30. The van der Waals surface area contributed by atoms with Crippen molar-refractivity contribution in [1.29, 1.82) is 0 Å². The molecule has 0 saturated carbocycles. The molecule has 0 aliphatic carbocycles. The molecule has 8 nitrogen and oxygen atoms in total. The van der Waals surface area contributed by atoms with Gasteiger partial charge in [-0.2, -0.15) is 10.2 Å². The lowest BCUT2D eigenvalue weighted by atomic mass is 10.3. The molecule has 0 fully saturated rings. The van der Waals surface area contributed by atoms with Crippen molar-refractivity contribution in [3.05, 3.63) is 42.6 Å². The summed E-state index contributed by atoms with van der Waals surface area (Å²) < 4.78 is 1.77. The number of nitrogen functional groups attached to an aromatic ring is 2. The van der Waals surface area contributed by atoms with Crippen LogP contribution in [0.4, 0.5) is 23.0 Å². The Morgan fingerprint density at radius 3 is 2.30 bits per heavy atom. The van der Waals surface area contributed by atoms with Gasteiger partial charge in [-0.25, -0.2) is 9.97 Å². The van der Waals surface area contributed by atoms with E-state index in [0.717, 1.165) is 6.54 Å². The molecule has 0 saturated heterocycles. The van der Waals surface area contributed by atoms with Crippen LogP contribution in [0.15, 0.2) is 52.8 Å². The van der Waals surface area contributed by atoms with E-state index < -0.39 is 0 Å². The molecule has 2 heterocycles. The molecule has 0 bridgehead atoms. The quantitative estimate of drug-likeness (QED) is 0.718. The van der Waals surface area contributed by atoms with Gasteiger partial charge < -0.3 is 11.5 Å². The smallest absolute Gasteiger partial charge is 0.184 e. The number of nitrogens with zero attached hydrogens (tertiary/aromatic N) is 6. The predicted octanol–water partition coefficient (Wildman–Crippen LogP) is 2.94. The highest BCUT2D eigenvalue weighted by Gasteiger charge is 2.13. The van der Waals surface area contributed by atoms with Crippen LogP contribution in [0, 0.1) is 0 Å². The number of azo groups is 1. The monoisotopic (exact) mass is 308 g/mol. The number of aryl methyl sites for hydroxylation is 1. The number of nitrogens with two attached hydrogens (primary N) is 2. The molecule has 1 aromatic carbocycles. The number of hydrogen-bond donors (Lipinski definition) is 2. The molecule has 0 radical (unpaired) electrons. The zero-order valence-corrected chi connectivity index (χ0v) is 12.6. The minimum absolute atomic E-state index is 0.165. The Hall–Kier alpha value is -3.29. The van der Waals surface area contributed by atoms with E-state index in [4.69, 9.17) is 11.5 Å². The largest absolute Gasteiger partial charge is 0.382 e. The van der Waals surface area contributed by atoms with Gasteiger partial charge in [-0.15, -0.1) is 5.11 Å². The average molecular weight is 308 g/mol. The first-order valence-electron chi connectivity index (χ1n) is 7.11. The molecule has 116 valence electrons. The van der Waals surface area contributed by atoms with Gasteiger partial charge >= 0.3 is 0 Å². The van der Waals surface area contributed by atoms with Gasteiger partial charge in [-0.3, -0.25) is 4.68 Å². The molecule has 4 N–H and O–H groups in total. The summed E-state index contributed by atoms with van der Waals surface area (Å²) in [5, 5.41) is 12.5. The van der Waals surface area contributed by atoms with Crippen molar-refractivity contribution in [2.75, 3.05) is 11.5 Å². The maximum atomic E-state index is 5.94. The van der Waals surface area contributed by atoms with E-state index in [1.807, 2.05) is 49.5 Å². The first-order valence-corrected chi connectivity index (χ1v) is 7.11. The molecule has 0 unspecified atom stereocenters. The molecule has 0 aliphatic heterocycles. The highest BCUT2D eigenvalue weighted by molar-refractivity contribution is 5.73. The fourth-order valence-corrected chi connectivity index (χ4v) is 1.97. The topological polar surface area (TPSA) is 120 Å². The van der Waals surface area contributed by atoms with Crippen LogP contribution >= 0.6 is 0 Å². The molecule has 3 rings (SSSR count). The second-order valence-corrected chi connectivity index (χ2v) is 4.76. The van der Waals surface area contributed by atoms with E-state index in [1.165, 1.54) is 0 Å². The van der Waals surface area contributed by atoms with Gasteiger partial charge in [-0.05, 0) is 25.1 Å². The van der Waals surface area contributed by atoms with Gasteiger partial charge in [0.15, 0.2) is 23.1 Å². The third-order valence-corrected chi connectivity index (χ3v) is 3.15. The third-order valence-electron chi connectivity index (χ3n) is 3.15. The van der Waals surface area contributed by atoms with E-state index in [9.17, 15) is 0 Å². The maximum Gasteiger partial charge on any atom is 0.184 e. The molecule has 3 aromatic rings. The summed E-state index contributed by atoms with van der Waals surface area (Å²) >= 11 is 0. The normalized spacial score (nSPS) is 11.2. The molecular formula is C15H16N8. The van der Waals surface area contributed by atoms with E-state index >= 15 is 0 Å². The highest BCUT2D eigenvalue weighted by atomic mass is 15.3. The second-order valence-electron chi connectivity index (χ2n) is 4.76. The van der Waals surface area contributed by atoms with Crippen LogP contribution in [0.5, 0.6) is 0 Å². The van der Waals surface area contributed by atoms with Crippen LogP contribution < -0.4 is 11.5 Å². The summed E-state index contributed by atoms with van der Waals surface area (Å²) in [5.41, 5.74) is 13.4. The molecule has 23 heavy (non-hydrogen) atoms. The van der Waals surface area contributed by atoms with Gasteiger partial charge in [0.25, 0.3) is 0 Å². The van der Waals surface area contributed by atoms with E-state index in [0.29, 0.717) is 17.2 Å². The lowest BCUT2D eigenvalue weighted by molar-refractivity contribution is 0.661. The minimum Gasteiger partial charge on any atom is -0.382 e. The van der Waals surface area contributed by atoms with Crippen molar-refractivity contribution in [2.45, 2.75) is 13.5 Å². The lowest BCUT2D eigenvalue weighted by Gasteiger charge is -2.04. The van der Waals surface area contributed by atoms with E-state index in [1.54, 1.807) is 4.68 Å². The summed E-state index contributed by atoms with van der Waals surface area (Å²) in [6.45, 7) is 2.75. The van der Waals surface area contributed by atoms with Gasteiger partial charge in [0.05, 0.1) is 5.69 Å². The number of rotatable bonds is 4. The summed E-state index contributed by atoms with van der Waals surface area (Å²) in [4.78, 5) is 8.44.